The van der Waals surface area contributed by atoms with Crippen molar-refractivity contribution in [1.82, 2.24) is 9.97 Å². The Morgan fingerprint density at radius 1 is 1.29 bits per heavy atom. The number of nitrogens with zero attached hydrogens (tertiary/aromatic N) is 4. The van der Waals surface area contributed by atoms with Crippen molar-refractivity contribution in [3.05, 3.63) is 85.9 Å². The molecule has 0 amide bonds. The van der Waals surface area contributed by atoms with E-state index in [-0.39, 0.29) is 22.8 Å². The van der Waals surface area contributed by atoms with Gasteiger partial charge in [0.1, 0.15) is 11.6 Å². The molecule has 0 atom stereocenters. The minimum atomic E-state index is -0.995. The monoisotopic (exact) mass is 378 g/mol. The molecule has 0 aliphatic rings. The average molecular weight is 378 g/mol. The summed E-state index contributed by atoms with van der Waals surface area (Å²) in [5.41, 5.74) is 2.09. The lowest BCUT2D eigenvalue weighted by atomic mass is 10.1. The number of hydrogen-bond donors (Lipinski definition) is 2. The predicted molar refractivity (Wildman–Crippen MR) is 99.3 cm³/mol. The van der Waals surface area contributed by atoms with Gasteiger partial charge < -0.3 is 0 Å². The highest BCUT2D eigenvalue weighted by Gasteiger charge is 2.14. The highest BCUT2D eigenvalue weighted by Crippen LogP contribution is 2.20. The summed E-state index contributed by atoms with van der Waals surface area (Å²) in [5.74, 6) is -1.02. The third-order valence-corrected chi connectivity index (χ3v) is 3.63. The van der Waals surface area contributed by atoms with Crippen LogP contribution in [0.25, 0.3) is 11.3 Å². The molecule has 2 N–H and O–H groups in total. The summed E-state index contributed by atoms with van der Waals surface area (Å²) in [4.78, 5) is 28.5. The lowest BCUT2D eigenvalue weighted by Gasteiger charge is -2.05. The van der Waals surface area contributed by atoms with Gasteiger partial charge in [0.25, 0.3) is 5.56 Å². The van der Waals surface area contributed by atoms with Gasteiger partial charge in [-0.3, -0.25) is 19.9 Å². The molecule has 3 aromatic rings. The molecule has 138 valence electrons. The third-order valence-electron chi connectivity index (χ3n) is 3.63. The van der Waals surface area contributed by atoms with Crippen LogP contribution in [-0.2, 0) is 0 Å². The number of aromatic amines is 1. The number of nitriles is 1. The Morgan fingerprint density at radius 3 is 2.68 bits per heavy atom. The zero-order valence-corrected chi connectivity index (χ0v) is 14.1. The van der Waals surface area contributed by atoms with Gasteiger partial charge in [0.05, 0.1) is 16.8 Å². The molecule has 10 heteroatoms. The molecule has 0 aliphatic heterocycles. The second kappa shape index (κ2) is 7.88. The van der Waals surface area contributed by atoms with E-state index in [2.05, 4.69) is 20.5 Å². The summed E-state index contributed by atoms with van der Waals surface area (Å²) in [6.07, 6.45) is 1.20. The van der Waals surface area contributed by atoms with Crippen molar-refractivity contribution < 1.29 is 9.31 Å². The van der Waals surface area contributed by atoms with Crippen LogP contribution in [0.2, 0.25) is 0 Å². The number of nitro benzene ring substituents is 1. The van der Waals surface area contributed by atoms with Crippen molar-refractivity contribution in [3.8, 4) is 17.3 Å². The van der Waals surface area contributed by atoms with E-state index in [1.807, 2.05) is 6.07 Å². The molecule has 0 saturated carbocycles. The lowest BCUT2D eigenvalue weighted by molar-refractivity contribution is -0.387. The fourth-order valence-corrected chi connectivity index (χ4v) is 2.35. The quantitative estimate of drug-likeness (QED) is 0.398. The molecule has 1 heterocycles. The molecule has 0 fully saturated rings. The van der Waals surface area contributed by atoms with Crippen LogP contribution < -0.4 is 11.0 Å². The van der Waals surface area contributed by atoms with Crippen LogP contribution in [0.3, 0.4) is 0 Å². The molecule has 0 radical (unpaired) electrons. The molecule has 0 unspecified atom stereocenters. The van der Waals surface area contributed by atoms with E-state index in [4.69, 9.17) is 0 Å². The summed E-state index contributed by atoms with van der Waals surface area (Å²) in [6.45, 7) is 0. The Bertz CT molecular complexity index is 1170. The zero-order valence-electron chi connectivity index (χ0n) is 14.1. The number of rotatable bonds is 5. The van der Waals surface area contributed by atoms with E-state index < -0.39 is 22.0 Å². The summed E-state index contributed by atoms with van der Waals surface area (Å²) >= 11 is 0. The summed E-state index contributed by atoms with van der Waals surface area (Å²) in [6, 6.07) is 13.8. The highest BCUT2D eigenvalue weighted by atomic mass is 19.1. The second-order valence-electron chi connectivity index (χ2n) is 5.45. The second-order valence-corrected chi connectivity index (χ2v) is 5.45. The van der Waals surface area contributed by atoms with Gasteiger partial charge in [-0.2, -0.15) is 14.8 Å². The Hall–Kier alpha value is -4.39. The maximum atomic E-state index is 13.6. The molecule has 3 rings (SSSR count). The number of anilines is 1. The zero-order chi connectivity index (χ0) is 20.1. The van der Waals surface area contributed by atoms with Crippen LogP contribution >= 0.6 is 0 Å². The molecule has 1 aromatic heterocycles. The van der Waals surface area contributed by atoms with Crippen LogP contribution in [0.15, 0.2) is 58.4 Å². The fraction of sp³-hybridized carbons (Fsp3) is 0. The minimum absolute atomic E-state index is 0.0264. The molecule has 0 aliphatic carbocycles. The number of nitrogens with one attached hydrogen (secondary N) is 2. The van der Waals surface area contributed by atoms with E-state index >= 15 is 0 Å². The number of halogens is 1. The molecular weight excluding hydrogens is 367 g/mol. The highest BCUT2D eigenvalue weighted by molar-refractivity contribution is 5.80. The van der Waals surface area contributed by atoms with Gasteiger partial charge >= 0.3 is 5.69 Å². The van der Waals surface area contributed by atoms with E-state index in [1.54, 1.807) is 30.3 Å². The SMILES string of the molecule is N#Cc1c(-c2ccccc2)nc(NN=Cc2ccc([N+](=O)[O-])c(F)c2)[nH]c1=O. The van der Waals surface area contributed by atoms with E-state index in [1.165, 1.54) is 12.3 Å². The van der Waals surface area contributed by atoms with Gasteiger partial charge in [-0.1, -0.05) is 30.3 Å². The van der Waals surface area contributed by atoms with Crippen molar-refractivity contribution in [3.63, 3.8) is 0 Å². The van der Waals surface area contributed by atoms with Crippen LogP contribution in [0.4, 0.5) is 16.0 Å². The topological polar surface area (TPSA) is 137 Å². The maximum absolute atomic E-state index is 13.6. The predicted octanol–water partition coefficient (Wildman–Crippen LogP) is 2.80. The lowest BCUT2D eigenvalue weighted by Crippen LogP contribution is -2.16. The number of benzene rings is 2. The summed E-state index contributed by atoms with van der Waals surface area (Å²) in [5, 5.41) is 23.7. The van der Waals surface area contributed by atoms with Crippen molar-refractivity contribution in [2.45, 2.75) is 0 Å². The van der Waals surface area contributed by atoms with E-state index in [9.17, 15) is 24.6 Å². The Morgan fingerprint density at radius 2 is 2.04 bits per heavy atom. The smallest absolute Gasteiger partial charge is 0.290 e. The maximum Gasteiger partial charge on any atom is 0.304 e. The molecule has 9 nitrogen and oxygen atoms in total. The van der Waals surface area contributed by atoms with Gasteiger partial charge in [0, 0.05) is 11.6 Å². The van der Waals surface area contributed by atoms with Gasteiger partial charge in [0.2, 0.25) is 11.8 Å². The molecular formula is C18H11FN6O3. The molecule has 0 spiro atoms. The first-order chi connectivity index (χ1) is 13.5. The molecule has 0 bridgehead atoms. The van der Waals surface area contributed by atoms with Crippen LogP contribution in [0.5, 0.6) is 0 Å². The van der Waals surface area contributed by atoms with Crippen LogP contribution in [0.1, 0.15) is 11.1 Å². The normalized spacial score (nSPS) is 10.6. The Labute approximate surface area is 157 Å². The van der Waals surface area contributed by atoms with Gasteiger partial charge in [-0.25, -0.2) is 10.4 Å². The van der Waals surface area contributed by atoms with Crippen molar-refractivity contribution in [1.29, 1.82) is 5.26 Å². The van der Waals surface area contributed by atoms with Crippen molar-refractivity contribution in [2.24, 2.45) is 5.10 Å². The minimum Gasteiger partial charge on any atom is -0.290 e. The molecule has 28 heavy (non-hydrogen) atoms. The first-order valence-electron chi connectivity index (χ1n) is 7.82. The molecule has 2 aromatic carbocycles. The van der Waals surface area contributed by atoms with Gasteiger partial charge in [0.15, 0.2) is 0 Å². The Balaban J connectivity index is 1.87. The Kier molecular flexibility index (Phi) is 5.18. The fourth-order valence-electron chi connectivity index (χ4n) is 2.35. The number of hydrazone groups is 1. The summed E-state index contributed by atoms with van der Waals surface area (Å²) in [7, 11) is 0. The van der Waals surface area contributed by atoms with E-state index in [0.29, 0.717) is 5.56 Å². The van der Waals surface area contributed by atoms with Crippen molar-refractivity contribution in [2.75, 3.05) is 5.43 Å². The van der Waals surface area contributed by atoms with Gasteiger partial charge in [-0.05, 0) is 17.7 Å². The average Bonchev–Trinajstić information content (AvgIpc) is 2.68. The number of nitro groups is 1. The number of H-pyrrole nitrogens is 1. The molecule has 0 saturated heterocycles. The number of hydrogen-bond acceptors (Lipinski definition) is 7. The first-order valence-corrected chi connectivity index (χ1v) is 7.82. The van der Waals surface area contributed by atoms with Crippen molar-refractivity contribution >= 4 is 17.9 Å². The van der Waals surface area contributed by atoms with Crippen LogP contribution in [-0.4, -0.2) is 21.1 Å². The van der Waals surface area contributed by atoms with Crippen LogP contribution in [0, 0.1) is 27.3 Å². The van der Waals surface area contributed by atoms with E-state index in [0.717, 1.165) is 12.1 Å². The third kappa shape index (κ3) is 3.88. The van der Waals surface area contributed by atoms with Gasteiger partial charge in [-0.15, -0.1) is 0 Å². The largest absolute Gasteiger partial charge is 0.304 e. The number of aromatic nitrogens is 2. The standard InChI is InChI=1S/C18H11FN6O3/c19-14-8-11(6-7-15(14)25(27)28)10-21-24-18-22-16(12-4-2-1-3-5-12)13(9-20)17(26)23-18/h1-8,10H,(H2,22,23,24,26). The summed E-state index contributed by atoms with van der Waals surface area (Å²) < 4.78 is 13.6. The first kappa shape index (κ1) is 18.4.